The molecule has 1 amide bonds. The van der Waals surface area contributed by atoms with Crippen LogP contribution in [0.2, 0.25) is 0 Å². The molecule has 3 aromatic rings. The first-order chi connectivity index (χ1) is 16.6. The van der Waals surface area contributed by atoms with Crippen LogP contribution in [-0.4, -0.2) is 33.7 Å². The van der Waals surface area contributed by atoms with Crippen LogP contribution in [0.15, 0.2) is 35.4 Å². The van der Waals surface area contributed by atoms with E-state index in [0.29, 0.717) is 48.5 Å². The number of fused-ring (bicyclic) bond motifs is 1. The molecule has 1 saturated heterocycles. The minimum atomic E-state index is -2.94. The monoisotopic (exact) mass is 489 g/mol. The third kappa shape index (κ3) is 4.60. The lowest BCUT2D eigenvalue weighted by Crippen LogP contribution is -2.52. The van der Waals surface area contributed by atoms with Crippen LogP contribution < -0.4 is 16.2 Å². The maximum atomic E-state index is 14.7. The van der Waals surface area contributed by atoms with Gasteiger partial charge in [-0.2, -0.15) is 0 Å². The Hall–Kier alpha value is -3.47. The van der Waals surface area contributed by atoms with Crippen molar-refractivity contribution in [3.05, 3.63) is 63.5 Å². The summed E-state index contributed by atoms with van der Waals surface area (Å²) >= 11 is 0. The highest BCUT2D eigenvalue weighted by molar-refractivity contribution is 5.87. The fourth-order valence-corrected chi connectivity index (χ4v) is 4.60. The number of halogens is 3. The van der Waals surface area contributed by atoms with Crippen LogP contribution in [0.1, 0.15) is 55.8 Å². The van der Waals surface area contributed by atoms with Gasteiger partial charge < -0.3 is 15.4 Å². The minimum absolute atomic E-state index is 0.0544. The zero-order valence-electron chi connectivity index (χ0n) is 19.6. The number of hydrogen-bond acceptors (Lipinski definition) is 6. The van der Waals surface area contributed by atoms with Gasteiger partial charge in [-0.15, -0.1) is 0 Å². The van der Waals surface area contributed by atoms with Crippen LogP contribution in [0, 0.1) is 5.82 Å². The van der Waals surface area contributed by atoms with Gasteiger partial charge >= 0.3 is 0 Å². The van der Waals surface area contributed by atoms with E-state index < -0.39 is 29.4 Å². The number of carbonyl (C=O) groups is 1. The molecule has 1 aliphatic rings. The standard InChI is InChI=1S/C24H26F3N5O3/c1-13(15-5-4-6-16(19(15)25)20(26)27)30-21-17-11-18(23(34)32(3)22(17)29-12-28-21)24(31-14(2)33)7-9-35-10-8-24/h4-6,11-13,20H,7-10H2,1-3H3,(H,31,33)(H,28,29,30). The van der Waals surface area contributed by atoms with Crippen molar-refractivity contribution >= 4 is 22.8 Å². The van der Waals surface area contributed by atoms with Gasteiger partial charge in [0.25, 0.3) is 12.0 Å². The number of anilines is 1. The molecule has 3 heterocycles. The van der Waals surface area contributed by atoms with Gasteiger partial charge in [-0.25, -0.2) is 23.1 Å². The lowest BCUT2D eigenvalue weighted by molar-refractivity contribution is -0.122. The highest BCUT2D eigenvalue weighted by Crippen LogP contribution is 2.34. The molecule has 0 bridgehead atoms. The fourth-order valence-electron chi connectivity index (χ4n) is 4.60. The maximum Gasteiger partial charge on any atom is 0.266 e. The van der Waals surface area contributed by atoms with Crippen molar-refractivity contribution in [3.8, 4) is 0 Å². The largest absolute Gasteiger partial charge is 0.381 e. The normalized spacial score (nSPS) is 16.3. The summed E-state index contributed by atoms with van der Waals surface area (Å²) in [5.74, 6) is -0.966. The highest BCUT2D eigenvalue weighted by Gasteiger charge is 2.38. The van der Waals surface area contributed by atoms with E-state index in [1.807, 2.05) is 0 Å². The number of aryl methyl sites for hydroxylation is 1. The summed E-state index contributed by atoms with van der Waals surface area (Å²) in [7, 11) is 1.57. The second-order valence-corrected chi connectivity index (χ2v) is 8.67. The second-order valence-electron chi connectivity index (χ2n) is 8.67. The number of pyridine rings is 1. The molecule has 0 aliphatic carbocycles. The van der Waals surface area contributed by atoms with Gasteiger partial charge in [0.15, 0.2) is 0 Å². The van der Waals surface area contributed by atoms with Crippen molar-refractivity contribution < 1.29 is 22.7 Å². The zero-order valence-corrected chi connectivity index (χ0v) is 19.6. The summed E-state index contributed by atoms with van der Waals surface area (Å²) < 4.78 is 47.9. The third-order valence-electron chi connectivity index (χ3n) is 6.39. The number of carbonyl (C=O) groups excluding carboxylic acids is 1. The lowest BCUT2D eigenvalue weighted by atomic mass is 9.82. The first-order valence-electron chi connectivity index (χ1n) is 11.2. The van der Waals surface area contributed by atoms with Gasteiger partial charge in [-0.05, 0) is 25.8 Å². The fraction of sp³-hybridized carbons (Fsp3) is 0.417. The molecule has 0 spiro atoms. The van der Waals surface area contributed by atoms with Crippen LogP contribution in [-0.2, 0) is 22.1 Å². The smallest absolute Gasteiger partial charge is 0.266 e. The Morgan fingerprint density at radius 2 is 1.89 bits per heavy atom. The first kappa shape index (κ1) is 24.6. The molecule has 11 heteroatoms. The van der Waals surface area contributed by atoms with Crippen LogP contribution >= 0.6 is 0 Å². The van der Waals surface area contributed by atoms with Crippen molar-refractivity contribution in [2.75, 3.05) is 18.5 Å². The summed E-state index contributed by atoms with van der Waals surface area (Å²) in [5.41, 5.74) is -1.17. The van der Waals surface area contributed by atoms with Crippen LogP contribution in [0.5, 0.6) is 0 Å². The van der Waals surface area contributed by atoms with E-state index in [9.17, 15) is 22.8 Å². The van der Waals surface area contributed by atoms with Crippen molar-refractivity contribution in [2.24, 2.45) is 7.05 Å². The van der Waals surface area contributed by atoms with E-state index in [4.69, 9.17) is 4.74 Å². The molecule has 0 saturated carbocycles. The average molecular weight is 489 g/mol. The van der Waals surface area contributed by atoms with Crippen molar-refractivity contribution in [1.29, 1.82) is 0 Å². The first-order valence-corrected chi connectivity index (χ1v) is 11.2. The van der Waals surface area contributed by atoms with Crippen molar-refractivity contribution in [2.45, 2.75) is 44.7 Å². The van der Waals surface area contributed by atoms with Gasteiger partial charge in [-0.1, -0.05) is 18.2 Å². The van der Waals surface area contributed by atoms with Gasteiger partial charge in [0.2, 0.25) is 5.91 Å². The average Bonchev–Trinajstić information content (AvgIpc) is 2.81. The van der Waals surface area contributed by atoms with Crippen LogP contribution in [0.3, 0.4) is 0 Å². The number of ether oxygens (including phenoxy) is 1. The van der Waals surface area contributed by atoms with E-state index in [1.54, 1.807) is 20.0 Å². The van der Waals surface area contributed by atoms with Gasteiger partial charge in [0.1, 0.15) is 23.6 Å². The molecule has 1 atom stereocenters. The van der Waals surface area contributed by atoms with E-state index in [0.717, 1.165) is 6.07 Å². The molecule has 1 aliphatic heterocycles. The Kier molecular flexibility index (Phi) is 6.79. The molecule has 1 aromatic carbocycles. The van der Waals surface area contributed by atoms with Crippen molar-refractivity contribution in [3.63, 3.8) is 0 Å². The Morgan fingerprint density at radius 3 is 2.54 bits per heavy atom. The summed E-state index contributed by atoms with van der Waals surface area (Å²) in [4.78, 5) is 33.9. The molecule has 35 heavy (non-hydrogen) atoms. The van der Waals surface area contributed by atoms with E-state index in [1.165, 1.54) is 30.0 Å². The number of amides is 1. The SMILES string of the molecule is CC(=O)NC1(c2cc3c(NC(C)c4cccc(C(F)F)c4F)ncnc3n(C)c2=O)CCOCC1. The van der Waals surface area contributed by atoms with Gasteiger partial charge in [0, 0.05) is 38.3 Å². The summed E-state index contributed by atoms with van der Waals surface area (Å²) in [6.07, 6.45) is -0.860. The van der Waals surface area contributed by atoms with Gasteiger partial charge in [-0.3, -0.25) is 14.2 Å². The predicted molar refractivity (Wildman–Crippen MR) is 124 cm³/mol. The number of nitrogens with zero attached hydrogens (tertiary/aromatic N) is 3. The quantitative estimate of drug-likeness (QED) is 0.548. The molecule has 1 fully saturated rings. The summed E-state index contributed by atoms with van der Waals surface area (Å²) in [6, 6.07) is 4.77. The number of hydrogen-bond donors (Lipinski definition) is 2. The zero-order chi connectivity index (χ0) is 25.3. The molecule has 2 aromatic heterocycles. The number of aromatic nitrogens is 3. The summed E-state index contributed by atoms with van der Waals surface area (Å²) in [6.45, 7) is 3.76. The molecule has 1 unspecified atom stereocenters. The Balaban J connectivity index is 1.82. The molecule has 186 valence electrons. The van der Waals surface area contributed by atoms with E-state index >= 15 is 0 Å². The molecule has 2 N–H and O–H groups in total. The molecule has 0 radical (unpaired) electrons. The molecular weight excluding hydrogens is 463 g/mol. The lowest BCUT2D eigenvalue weighted by Gasteiger charge is -2.38. The molecule has 8 nitrogen and oxygen atoms in total. The maximum absolute atomic E-state index is 14.7. The van der Waals surface area contributed by atoms with E-state index in [-0.39, 0.29) is 17.0 Å². The summed E-state index contributed by atoms with van der Waals surface area (Å²) in [5, 5.41) is 6.49. The predicted octanol–water partition coefficient (Wildman–Crippen LogP) is 3.72. The Morgan fingerprint density at radius 1 is 1.20 bits per heavy atom. The molecule has 4 rings (SSSR count). The van der Waals surface area contributed by atoms with Crippen LogP contribution in [0.4, 0.5) is 19.0 Å². The second kappa shape index (κ2) is 9.65. The third-order valence-corrected chi connectivity index (χ3v) is 6.39. The Bertz CT molecular complexity index is 1320. The topological polar surface area (TPSA) is 98.1 Å². The number of nitrogens with one attached hydrogen (secondary N) is 2. The number of rotatable bonds is 6. The van der Waals surface area contributed by atoms with Crippen LogP contribution in [0.25, 0.3) is 11.0 Å². The van der Waals surface area contributed by atoms with Gasteiger partial charge in [0.05, 0.1) is 22.5 Å². The Labute approximate surface area is 199 Å². The van der Waals surface area contributed by atoms with Crippen molar-refractivity contribution in [1.82, 2.24) is 19.9 Å². The number of benzene rings is 1. The number of alkyl halides is 2. The minimum Gasteiger partial charge on any atom is -0.381 e. The van der Waals surface area contributed by atoms with E-state index in [2.05, 4.69) is 20.6 Å². The molecular formula is C24H26F3N5O3. The highest BCUT2D eigenvalue weighted by atomic mass is 19.3.